The van der Waals surface area contributed by atoms with Crippen molar-refractivity contribution in [3.8, 4) is 0 Å². The van der Waals surface area contributed by atoms with Crippen LogP contribution in [-0.2, 0) is 6.42 Å². The van der Waals surface area contributed by atoms with E-state index in [-0.39, 0.29) is 24.3 Å². The van der Waals surface area contributed by atoms with Crippen LogP contribution < -0.4 is 5.32 Å². The highest BCUT2D eigenvalue weighted by atomic mass is 32.1. The second-order valence-corrected chi connectivity index (χ2v) is 7.44. The molecule has 3 amide bonds. The van der Waals surface area contributed by atoms with Gasteiger partial charge in [0.25, 0.3) is 17.7 Å². The second-order valence-electron chi connectivity index (χ2n) is 5.63. The number of carbonyl (C=O) groups is 3. The van der Waals surface area contributed by atoms with E-state index < -0.39 is 0 Å². The van der Waals surface area contributed by atoms with Gasteiger partial charge in [0.05, 0.1) is 21.7 Å². The van der Waals surface area contributed by atoms with Gasteiger partial charge < -0.3 is 0 Å². The predicted octanol–water partition coefficient (Wildman–Crippen LogP) is 3.30. The standard InChI is InChI=1S/C18H13N3O3S2/c22-15(14-6-3-9-25-14)20-18-19-11(10-26-18)7-8-21-16(23)12-4-1-2-5-13(12)17(21)24/h1-6,9-10H,7-8H2,(H,19,20,22). The van der Waals surface area contributed by atoms with E-state index in [4.69, 9.17) is 0 Å². The SMILES string of the molecule is O=C(Nc1nc(CCN2C(=O)c3ccccc3C2=O)cs1)c1cccs1. The number of aromatic nitrogens is 1. The van der Waals surface area contributed by atoms with E-state index in [0.717, 1.165) is 5.69 Å². The van der Waals surface area contributed by atoms with Gasteiger partial charge in [-0.25, -0.2) is 4.98 Å². The van der Waals surface area contributed by atoms with Crippen molar-refractivity contribution in [1.29, 1.82) is 0 Å². The Morgan fingerprint density at radius 1 is 1.04 bits per heavy atom. The van der Waals surface area contributed by atoms with Crippen molar-refractivity contribution in [3.63, 3.8) is 0 Å². The highest BCUT2D eigenvalue weighted by Crippen LogP contribution is 2.23. The maximum absolute atomic E-state index is 12.3. The zero-order chi connectivity index (χ0) is 18.1. The van der Waals surface area contributed by atoms with Crippen LogP contribution in [0.1, 0.15) is 36.1 Å². The summed E-state index contributed by atoms with van der Waals surface area (Å²) in [6, 6.07) is 10.4. The van der Waals surface area contributed by atoms with Crippen LogP contribution in [0.2, 0.25) is 0 Å². The highest BCUT2D eigenvalue weighted by Gasteiger charge is 2.34. The molecule has 0 aliphatic carbocycles. The second kappa shape index (κ2) is 6.81. The van der Waals surface area contributed by atoms with Gasteiger partial charge in [-0.2, -0.15) is 0 Å². The Morgan fingerprint density at radius 3 is 2.42 bits per heavy atom. The molecule has 2 aromatic heterocycles. The molecule has 0 fully saturated rings. The summed E-state index contributed by atoms with van der Waals surface area (Å²) < 4.78 is 0. The number of hydrogen-bond donors (Lipinski definition) is 1. The molecule has 3 aromatic rings. The van der Waals surface area contributed by atoms with Gasteiger partial charge in [-0.15, -0.1) is 22.7 Å². The van der Waals surface area contributed by atoms with Gasteiger partial charge in [0.15, 0.2) is 5.13 Å². The minimum absolute atomic E-state index is 0.193. The zero-order valence-electron chi connectivity index (χ0n) is 13.5. The number of nitrogens with one attached hydrogen (secondary N) is 1. The van der Waals surface area contributed by atoms with Gasteiger partial charge in [-0.3, -0.25) is 24.6 Å². The molecule has 0 bridgehead atoms. The predicted molar refractivity (Wildman–Crippen MR) is 99.9 cm³/mol. The van der Waals surface area contributed by atoms with Crippen LogP contribution in [0.4, 0.5) is 5.13 Å². The molecule has 0 unspecified atom stereocenters. The van der Waals surface area contributed by atoms with Crippen LogP contribution >= 0.6 is 22.7 Å². The van der Waals surface area contributed by atoms with Crippen molar-refractivity contribution in [3.05, 3.63) is 68.9 Å². The molecule has 26 heavy (non-hydrogen) atoms. The number of thiazole rings is 1. The first kappa shape index (κ1) is 16.6. The lowest BCUT2D eigenvalue weighted by atomic mass is 10.1. The number of rotatable bonds is 5. The maximum Gasteiger partial charge on any atom is 0.267 e. The lowest BCUT2D eigenvalue weighted by Gasteiger charge is -2.12. The molecule has 0 atom stereocenters. The maximum atomic E-state index is 12.3. The Kier molecular flexibility index (Phi) is 4.36. The summed E-state index contributed by atoms with van der Waals surface area (Å²) in [5.74, 6) is -0.736. The van der Waals surface area contributed by atoms with Gasteiger partial charge in [0.2, 0.25) is 0 Å². The number of fused-ring (bicyclic) bond motifs is 1. The average Bonchev–Trinajstić information content (AvgIpc) is 3.37. The minimum atomic E-state index is -0.271. The number of imide groups is 1. The quantitative estimate of drug-likeness (QED) is 0.686. The molecule has 8 heteroatoms. The van der Waals surface area contributed by atoms with Crippen LogP contribution in [0.3, 0.4) is 0 Å². The van der Waals surface area contributed by atoms with Crippen molar-refractivity contribution in [1.82, 2.24) is 9.88 Å². The van der Waals surface area contributed by atoms with Crippen LogP contribution in [0, 0.1) is 0 Å². The summed E-state index contributed by atoms with van der Waals surface area (Å²) in [6.07, 6.45) is 0.441. The molecular formula is C18H13N3O3S2. The molecule has 1 aromatic carbocycles. The van der Waals surface area contributed by atoms with E-state index in [0.29, 0.717) is 27.6 Å². The molecule has 0 spiro atoms. The van der Waals surface area contributed by atoms with Gasteiger partial charge in [0.1, 0.15) is 0 Å². The van der Waals surface area contributed by atoms with Gasteiger partial charge >= 0.3 is 0 Å². The van der Waals surface area contributed by atoms with E-state index in [1.165, 1.54) is 27.6 Å². The summed E-state index contributed by atoms with van der Waals surface area (Å²) in [4.78, 5) is 42.9. The Morgan fingerprint density at radius 2 is 1.77 bits per heavy atom. The third kappa shape index (κ3) is 3.04. The molecular weight excluding hydrogens is 370 g/mol. The first-order valence-electron chi connectivity index (χ1n) is 7.88. The number of carbonyl (C=O) groups excluding carboxylic acids is 3. The molecule has 1 aliphatic rings. The third-order valence-corrected chi connectivity index (χ3v) is 5.66. The van der Waals surface area contributed by atoms with Crippen LogP contribution in [0.25, 0.3) is 0 Å². The van der Waals surface area contributed by atoms with Crippen molar-refractivity contribution >= 4 is 45.5 Å². The summed E-state index contributed by atoms with van der Waals surface area (Å²) in [5.41, 5.74) is 1.62. The van der Waals surface area contributed by atoms with Crippen molar-refractivity contribution in [2.24, 2.45) is 0 Å². The average molecular weight is 383 g/mol. The van der Waals surface area contributed by atoms with Crippen LogP contribution in [0.5, 0.6) is 0 Å². The minimum Gasteiger partial charge on any atom is -0.297 e. The number of amides is 3. The number of hydrogen-bond acceptors (Lipinski definition) is 6. The highest BCUT2D eigenvalue weighted by molar-refractivity contribution is 7.14. The Balaban J connectivity index is 1.39. The van der Waals surface area contributed by atoms with E-state index in [1.54, 1.807) is 30.3 Å². The van der Waals surface area contributed by atoms with E-state index in [2.05, 4.69) is 10.3 Å². The lowest BCUT2D eigenvalue weighted by Crippen LogP contribution is -2.31. The molecule has 130 valence electrons. The first-order valence-corrected chi connectivity index (χ1v) is 9.64. The van der Waals surface area contributed by atoms with E-state index in [1.807, 2.05) is 16.8 Å². The molecule has 1 aliphatic heterocycles. The third-order valence-electron chi connectivity index (χ3n) is 3.99. The first-order chi connectivity index (χ1) is 12.6. The van der Waals surface area contributed by atoms with Crippen molar-refractivity contribution < 1.29 is 14.4 Å². The fourth-order valence-electron chi connectivity index (χ4n) is 2.71. The monoisotopic (exact) mass is 383 g/mol. The fourth-order valence-corrected chi connectivity index (χ4v) is 4.07. The number of benzene rings is 1. The lowest BCUT2D eigenvalue weighted by molar-refractivity contribution is 0.0655. The van der Waals surface area contributed by atoms with Crippen LogP contribution in [0.15, 0.2) is 47.2 Å². The summed E-state index contributed by atoms with van der Waals surface area (Å²) >= 11 is 2.68. The Labute approximate surface area is 157 Å². The number of thiophene rings is 1. The van der Waals surface area contributed by atoms with Crippen molar-refractivity contribution in [2.75, 3.05) is 11.9 Å². The largest absolute Gasteiger partial charge is 0.297 e. The molecule has 0 radical (unpaired) electrons. The van der Waals surface area contributed by atoms with Gasteiger partial charge in [-0.1, -0.05) is 18.2 Å². The van der Waals surface area contributed by atoms with E-state index in [9.17, 15) is 14.4 Å². The molecule has 0 saturated carbocycles. The molecule has 1 N–H and O–H groups in total. The van der Waals surface area contributed by atoms with E-state index >= 15 is 0 Å². The number of anilines is 1. The number of nitrogens with zero attached hydrogens (tertiary/aromatic N) is 2. The normalized spacial score (nSPS) is 13.2. The molecule has 3 heterocycles. The molecule has 6 nitrogen and oxygen atoms in total. The van der Waals surface area contributed by atoms with Crippen molar-refractivity contribution in [2.45, 2.75) is 6.42 Å². The summed E-state index contributed by atoms with van der Waals surface area (Å²) in [5, 5.41) is 6.92. The van der Waals surface area contributed by atoms with Gasteiger partial charge in [0, 0.05) is 18.3 Å². The zero-order valence-corrected chi connectivity index (χ0v) is 15.1. The summed E-state index contributed by atoms with van der Waals surface area (Å²) in [6.45, 7) is 0.258. The molecule has 0 saturated heterocycles. The fraction of sp³-hybridized carbons (Fsp3) is 0.111. The topological polar surface area (TPSA) is 79.4 Å². The summed E-state index contributed by atoms with van der Waals surface area (Å²) in [7, 11) is 0. The Hall–Kier alpha value is -2.84. The molecule has 4 rings (SSSR count). The Bertz CT molecular complexity index is 960. The smallest absolute Gasteiger partial charge is 0.267 e. The van der Waals surface area contributed by atoms with Crippen LogP contribution in [-0.4, -0.2) is 34.2 Å². The van der Waals surface area contributed by atoms with Gasteiger partial charge in [-0.05, 0) is 23.6 Å².